The molecule has 2 aliphatic rings. The molecule has 3 aromatic rings. The number of aromatic hydroxyl groups is 1. The van der Waals surface area contributed by atoms with Gasteiger partial charge in [0.25, 0.3) is 0 Å². The van der Waals surface area contributed by atoms with Crippen LogP contribution in [-0.4, -0.2) is 43.5 Å². The van der Waals surface area contributed by atoms with Crippen molar-refractivity contribution in [3.05, 3.63) is 124 Å². The van der Waals surface area contributed by atoms with Gasteiger partial charge in [-0.25, -0.2) is 0 Å². The Balaban J connectivity index is 1.19. The van der Waals surface area contributed by atoms with E-state index in [1.807, 2.05) is 13.2 Å². The predicted molar refractivity (Wildman–Crippen MR) is 220 cm³/mol. The number of carbonyl (C=O) groups excluding carboxylic acids is 2. The molecular formula is C47H61N3O4. The van der Waals surface area contributed by atoms with Crippen molar-refractivity contribution in [1.82, 2.24) is 10.6 Å². The van der Waals surface area contributed by atoms with Crippen LogP contribution in [0.25, 0.3) is 6.08 Å². The number of hydrogen-bond donors (Lipinski definition) is 4. The molecule has 0 spiro atoms. The van der Waals surface area contributed by atoms with Gasteiger partial charge in [-0.2, -0.15) is 0 Å². The van der Waals surface area contributed by atoms with Crippen LogP contribution in [0.5, 0.6) is 11.5 Å². The van der Waals surface area contributed by atoms with Gasteiger partial charge in [-0.05, 0) is 152 Å². The summed E-state index contributed by atoms with van der Waals surface area (Å²) in [5.41, 5.74) is 14.4. The Morgan fingerprint density at radius 1 is 0.981 bits per heavy atom. The van der Waals surface area contributed by atoms with Crippen LogP contribution in [0.4, 0.5) is 0 Å². The van der Waals surface area contributed by atoms with Gasteiger partial charge in [0.2, 0.25) is 0 Å². The lowest BCUT2D eigenvalue weighted by molar-refractivity contribution is -0.124. The number of ketones is 2. The maximum absolute atomic E-state index is 13.1. The summed E-state index contributed by atoms with van der Waals surface area (Å²) in [4.78, 5) is 26.0. The number of rotatable bonds is 21. The van der Waals surface area contributed by atoms with Gasteiger partial charge >= 0.3 is 0 Å². The van der Waals surface area contributed by atoms with Crippen LogP contribution in [0.15, 0.2) is 96.2 Å². The van der Waals surface area contributed by atoms with Gasteiger partial charge in [0.05, 0.1) is 19.7 Å². The molecule has 5 rings (SSSR count). The van der Waals surface area contributed by atoms with Gasteiger partial charge in [-0.15, -0.1) is 0 Å². The van der Waals surface area contributed by atoms with Gasteiger partial charge in [0.1, 0.15) is 5.78 Å². The molecule has 1 saturated carbocycles. The van der Waals surface area contributed by atoms with E-state index in [0.717, 1.165) is 67.3 Å². The van der Waals surface area contributed by atoms with Gasteiger partial charge in [-0.3, -0.25) is 9.59 Å². The molecule has 1 heterocycles. The number of phenols is 1. The maximum atomic E-state index is 13.1. The van der Waals surface area contributed by atoms with Crippen LogP contribution in [0, 0.1) is 11.3 Å². The number of nitrogens with two attached hydrogens (primary N) is 1. The highest BCUT2D eigenvalue weighted by Gasteiger charge is 2.34. The van der Waals surface area contributed by atoms with Crippen molar-refractivity contribution < 1.29 is 19.4 Å². The molecule has 288 valence electrons. The van der Waals surface area contributed by atoms with Crippen LogP contribution < -0.4 is 21.1 Å². The number of dihydropyridines is 1. The van der Waals surface area contributed by atoms with Crippen LogP contribution in [0.3, 0.4) is 0 Å². The van der Waals surface area contributed by atoms with Gasteiger partial charge in [-0.1, -0.05) is 80.4 Å². The van der Waals surface area contributed by atoms with E-state index in [1.165, 1.54) is 62.0 Å². The van der Waals surface area contributed by atoms with E-state index in [4.69, 9.17) is 10.5 Å². The van der Waals surface area contributed by atoms with Crippen LogP contribution in [0.2, 0.25) is 0 Å². The van der Waals surface area contributed by atoms with E-state index < -0.39 is 0 Å². The van der Waals surface area contributed by atoms with Gasteiger partial charge in [0.15, 0.2) is 17.3 Å². The number of carbonyl (C=O) groups is 2. The highest BCUT2D eigenvalue weighted by Crippen LogP contribution is 2.47. The Morgan fingerprint density at radius 3 is 2.41 bits per heavy atom. The molecule has 5 N–H and O–H groups in total. The number of benzene rings is 3. The lowest BCUT2D eigenvalue weighted by atomic mass is 9.74. The number of Topliss-reactive ketones (excluding diaryl/α,β-unsaturated/α-hetero) is 1. The lowest BCUT2D eigenvalue weighted by Gasteiger charge is -2.32. The van der Waals surface area contributed by atoms with Crippen LogP contribution >= 0.6 is 0 Å². The predicted octanol–water partition coefficient (Wildman–Crippen LogP) is 8.58. The molecule has 1 fully saturated rings. The molecule has 7 heteroatoms. The first-order valence-electron chi connectivity index (χ1n) is 20.0. The van der Waals surface area contributed by atoms with Crippen LogP contribution in [0.1, 0.15) is 98.9 Å². The zero-order valence-electron chi connectivity index (χ0n) is 32.7. The van der Waals surface area contributed by atoms with E-state index in [-0.39, 0.29) is 29.9 Å². The number of ether oxygens (including phenoxy) is 1. The summed E-state index contributed by atoms with van der Waals surface area (Å²) in [6.45, 7) is 3.33. The summed E-state index contributed by atoms with van der Waals surface area (Å²) in [7, 11) is 3.52. The van der Waals surface area contributed by atoms with E-state index >= 15 is 0 Å². The van der Waals surface area contributed by atoms with Crippen molar-refractivity contribution in [2.24, 2.45) is 17.1 Å². The molecule has 0 radical (unpaired) electrons. The minimum atomic E-state index is -0.287. The Hall–Kier alpha value is -4.46. The summed E-state index contributed by atoms with van der Waals surface area (Å²) in [5.74, 6) is 0.754. The average molecular weight is 732 g/mol. The molecule has 0 amide bonds. The van der Waals surface area contributed by atoms with Crippen molar-refractivity contribution in [3.63, 3.8) is 0 Å². The number of allylic oxidation sites excluding steroid dienone is 3. The van der Waals surface area contributed by atoms with Crippen molar-refractivity contribution in [2.75, 3.05) is 20.7 Å². The summed E-state index contributed by atoms with van der Waals surface area (Å²) >= 11 is 0. The minimum Gasteiger partial charge on any atom is -0.504 e. The fraction of sp³-hybridized carbons (Fsp3) is 0.447. The Kier molecular flexibility index (Phi) is 15.3. The fourth-order valence-electron chi connectivity index (χ4n) is 8.55. The average Bonchev–Trinajstić information content (AvgIpc) is 3.62. The number of methoxy groups -OCH3 is 1. The smallest absolute Gasteiger partial charge is 0.163 e. The zero-order valence-corrected chi connectivity index (χ0v) is 32.7. The molecule has 0 aromatic heterocycles. The third kappa shape index (κ3) is 12.3. The summed E-state index contributed by atoms with van der Waals surface area (Å²) in [5, 5.41) is 17.3. The Labute approximate surface area is 323 Å². The number of nitrogens with one attached hydrogen (secondary N) is 2. The molecule has 1 aliphatic carbocycles. The third-order valence-electron chi connectivity index (χ3n) is 11.3. The number of hydrogen-bond acceptors (Lipinski definition) is 7. The molecule has 7 nitrogen and oxygen atoms in total. The molecule has 0 bridgehead atoms. The summed E-state index contributed by atoms with van der Waals surface area (Å²) in [6, 6.07) is 22.9. The van der Waals surface area contributed by atoms with Gasteiger partial charge in [0, 0.05) is 12.6 Å². The SMILES string of the molecule is CNC[C@H](C)CC1(CCCC(=O)CC(=O)/C=C/c2cc(OC)c(O)cc2CC2=CNC(N)C=C2CCc2cccc(CCc3ccccc3)c2)CCCC1. The van der Waals surface area contributed by atoms with Crippen molar-refractivity contribution in [2.45, 2.75) is 103 Å². The zero-order chi connectivity index (χ0) is 38.3. The Bertz CT molecular complexity index is 1790. The van der Waals surface area contributed by atoms with Crippen LogP contribution in [-0.2, 0) is 35.3 Å². The number of phenolic OH excluding ortho intramolecular Hbond substituents is 1. The monoisotopic (exact) mass is 731 g/mol. The number of aryl methyl sites for hydroxylation is 3. The highest BCUT2D eigenvalue weighted by atomic mass is 16.5. The van der Waals surface area contributed by atoms with E-state index in [2.05, 4.69) is 78.2 Å². The summed E-state index contributed by atoms with van der Waals surface area (Å²) in [6.07, 6.45) is 19.7. The minimum absolute atomic E-state index is 0.00383. The first kappa shape index (κ1) is 40.7. The summed E-state index contributed by atoms with van der Waals surface area (Å²) < 4.78 is 5.43. The van der Waals surface area contributed by atoms with E-state index in [0.29, 0.717) is 29.9 Å². The first-order chi connectivity index (χ1) is 26.1. The lowest BCUT2D eigenvalue weighted by Crippen LogP contribution is -2.35. The van der Waals surface area contributed by atoms with Crippen molar-refractivity contribution >= 4 is 17.6 Å². The van der Waals surface area contributed by atoms with E-state index in [9.17, 15) is 14.7 Å². The maximum Gasteiger partial charge on any atom is 0.163 e. The van der Waals surface area contributed by atoms with Gasteiger partial charge < -0.3 is 26.2 Å². The topological polar surface area (TPSA) is 114 Å². The van der Waals surface area contributed by atoms with Crippen molar-refractivity contribution in [1.29, 1.82) is 0 Å². The fourth-order valence-corrected chi connectivity index (χ4v) is 8.55. The normalized spacial score (nSPS) is 17.1. The molecule has 1 aliphatic heterocycles. The first-order valence-corrected chi connectivity index (χ1v) is 20.0. The van der Waals surface area contributed by atoms with E-state index in [1.54, 1.807) is 18.2 Å². The second-order valence-corrected chi connectivity index (χ2v) is 15.7. The molecule has 1 unspecified atom stereocenters. The molecule has 2 atom stereocenters. The third-order valence-corrected chi connectivity index (χ3v) is 11.3. The second-order valence-electron chi connectivity index (χ2n) is 15.7. The standard InChI is InChI=1S/C47H61N3O4/c1-34(32-49-2)31-47(22-7-8-23-47)24-10-15-42(51)30-43(52)21-20-38-28-45(54-3)44(53)27-40(38)26-41-33-50-46(48)29-39(41)19-18-37-14-9-13-36(25-37)17-16-35-11-5-4-6-12-35/h4-6,9,11-14,20-21,25,27-29,33-34,46,49-50,53H,7-8,10,15-19,22-24,26,30-32,48H2,1-3H3/b21-20+/t34-,46?/m1/s1. The Morgan fingerprint density at radius 2 is 1.69 bits per heavy atom. The molecular weight excluding hydrogens is 671 g/mol. The van der Waals surface area contributed by atoms with Crippen molar-refractivity contribution in [3.8, 4) is 11.5 Å². The second kappa shape index (κ2) is 20.3. The highest BCUT2D eigenvalue weighted by molar-refractivity contribution is 6.06. The molecule has 3 aromatic carbocycles. The largest absolute Gasteiger partial charge is 0.504 e. The molecule has 0 saturated heterocycles. The molecule has 54 heavy (non-hydrogen) atoms. The quantitative estimate of drug-likeness (QED) is 0.0642.